The quantitative estimate of drug-likeness (QED) is 0.450. The zero-order chi connectivity index (χ0) is 16.1. The smallest absolute Gasteiger partial charge is 0.349 e. The molecule has 1 aromatic rings. The molecule has 0 saturated carbocycles. The third-order valence-corrected chi connectivity index (χ3v) is 4.28. The fourth-order valence-electron chi connectivity index (χ4n) is 2.77. The Labute approximate surface area is 136 Å². The van der Waals surface area contributed by atoms with Crippen LogP contribution in [0.4, 0.5) is 5.69 Å². The number of esters is 1. The lowest BCUT2D eigenvalue weighted by atomic mass is 9.98. The highest BCUT2D eigenvalue weighted by Gasteiger charge is 2.49. The van der Waals surface area contributed by atoms with Crippen molar-refractivity contribution in [1.82, 2.24) is 0 Å². The van der Waals surface area contributed by atoms with Gasteiger partial charge < -0.3 is 19.9 Å². The van der Waals surface area contributed by atoms with Gasteiger partial charge in [-0.2, -0.15) is 0 Å². The predicted octanol–water partition coefficient (Wildman–Crippen LogP) is 3.80. The van der Waals surface area contributed by atoms with Crippen molar-refractivity contribution in [2.45, 2.75) is 32.9 Å². The van der Waals surface area contributed by atoms with E-state index in [-0.39, 0.29) is 11.3 Å². The fraction of sp³-hybridized carbons (Fsp3) is 0.312. The number of benzene rings is 1. The number of aliphatic hydroxyl groups is 1. The number of carbonyl (C=O) groups excluding carboxylic acids is 1. The number of fused-ring (bicyclic) bond motifs is 1. The zero-order valence-electron chi connectivity index (χ0n) is 12.5. The Hall–Kier alpha value is -1.95. The maximum absolute atomic E-state index is 12.2. The van der Waals surface area contributed by atoms with E-state index >= 15 is 0 Å². The van der Waals surface area contributed by atoms with Crippen LogP contribution in [-0.4, -0.2) is 16.8 Å². The Balaban J connectivity index is 2.16. The number of aryl methyl sites for hydroxylation is 1. The van der Waals surface area contributed by atoms with Gasteiger partial charge in [0.25, 0.3) is 0 Å². The topological polar surface area (TPSA) is 67.8 Å². The molecule has 6 heteroatoms. The molecular weight excluding hydrogens is 350 g/mol. The van der Waals surface area contributed by atoms with E-state index in [4.69, 9.17) is 9.47 Å². The van der Waals surface area contributed by atoms with Gasteiger partial charge in [-0.25, -0.2) is 4.79 Å². The Morgan fingerprint density at radius 2 is 2.18 bits per heavy atom. The molecule has 2 aliphatic rings. The van der Waals surface area contributed by atoms with Crippen LogP contribution in [0, 0.1) is 0 Å². The summed E-state index contributed by atoms with van der Waals surface area (Å²) in [6.45, 7) is 5.17. The van der Waals surface area contributed by atoms with Gasteiger partial charge in [0, 0.05) is 6.08 Å². The lowest BCUT2D eigenvalue weighted by Gasteiger charge is -2.31. The van der Waals surface area contributed by atoms with Crippen molar-refractivity contribution in [1.29, 1.82) is 0 Å². The average molecular weight is 366 g/mol. The molecule has 5 nitrogen and oxygen atoms in total. The van der Waals surface area contributed by atoms with E-state index in [1.54, 1.807) is 13.0 Å². The Morgan fingerprint density at radius 3 is 2.82 bits per heavy atom. The van der Waals surface area contributed by atoms with E-state index < -0.39 is 11.7 Å². The first kappa shape index (κ1) is 15.0. The standard InChI is InChI=1S/C16H16BrNO4/c1-4-10-5-11(17)14-12(6-10)18-16(22-14)7-8(2)21-15(20)13(16)9(3)19/h5-7,18-19H,4H2,1-3H3/b13-9-. The number of rotatable bonds is 1. The molecule has 0 amide bonds. The molecule has 2 N–H and O–H groups in total. The van der Waals surface area contributed by atoms with E-state index in [1.165, 1.54) is 6.92 Å². The molecule has 1 unspecified atom stereocenters. The molecule has 116 valence electrons. The second-order valence-corrected chi connectivity index (χ2v) is 6.23. The number of carbonyl (C=O) groups is 1. The molecule has 1 atom stereocenters. The first-order valence-corrected chi connectivity index (χ1v) is 7.77. The Morgan fingerprint density at radius 1 is 1.45 bits per heavy atom. The van der Waals surface area contributed by atoms with Gasteiger partial charge in [-0.15, -0.1) is 0 Å². The number of hydrogen-bond acceptors (Lipinski definition) is 5. The van der Waals surface area contributed by atoms with Crippen LogP contribution in [0.25, 0.3) is 0 Å². The van der Waals surface area contributed by atoms with Crippen LogP contribution in [0.1, 0.15) is 26.3 Å². The van der Waals surface area contributed by atoms with Crippen molar-refractivity contribution in [3.63, 3.8) is 0 Å². The highest BCUT2D eigenvalue weighted by Crippen LogP contribution is 2.48. The van der Waals surface area contributed by atoms with Crippen molar-refractivity contribution in [3.05, 3.63) is 45.3 Å². The number of ether oxygens (including phenoxy) is 2. The molecule has 1 aromatic carbocycles. The second kappa shape index (κ2) is 5.05. The molecule has 0 bridgehead atoms. The molecule has 0 aliphatic carbocycles. The van der Waals surface area contributed by atoms with Gasteiger partial charge in [-0.1, -0.05) is 6.92 Å². The summed E-state index contributed by atoms with van der Waals surface area (Å²) >= 11 is 3.50. The molecular formula is C16H16BrNO4. The highest BCUT2D eigenvalue weighted by molar-refractivity contribution is 9.10. The van der Waals surface area contributed by atoms with Crippen molar-refractivity contribution >= 4 is 27.6 Å². The second-order valence-electron chi connectivity index (χ2n) is 5.38. The van der Waals surface area contributed by atoms with E-state index in [2.05, 4.69) is 28.2 Å². The van der Waals surface area contributed by atoms with E-state index in [0.29, 0.717) is 11.5 Å². The summed E-state index contributed by atoms with van der Waals surface area (Å²) in [5, 5.41) is 13.1. The number of aliphatic hydroxyl groups excluding tert-OH is 1. The van der Waals surface area contributed by atoms with Gasteiger partial charge in [0.2, 0.25) is 5.72 Å². The normalized spacial score (nSPS) is 25.1. The zero-order valence-corrected chi connectivity index (χ0v) is 14.1. The Bertz CT molecular complexity index is 734. The molecule has 0 radical (unpaired) electrons. The highest BCUT2D eigenvalue weighted by atomic mass is 79.9. The molecule has 22 heavy (non-hydrogen) atoms. The average Bonchev–Trinajstić information content (AvgIpc) is 2.75. The van der Waals surface area contributed by atoms with E-state index in [9.17, 15) is 9.90 Å². The number of halogens is 1. The summed E-state index contributed by atoms with van der Waals surface area (Å²) in [5.41, 5.74) is 0.710. The van der Waals surface area contributed by atoms with Crippen LogP contribution in [0.3, 0.4) is 0 Å². The van der Waals surface area contributed by atoms with Crippen LogP contribution in [0.5, 0.6) is 5.75 Å². The molecule has 3 rings (SSSR count). The Kier molecular flexibility index (Phi) is 3.44. The molecule has 2 heterocycles. The van der Waals surface area contributed by atoms with Crippen LogP contribution in [0.15, 0.2) is 39.8 Å². The summed E-state index contributed by atoms with van der Waals surface area (Å²) < 4.78 is 11.9. The number of anilines is 1. The fourth-order valence-corrected chi connectivity index (χ4v) is 3.36. The summed E-state index contributed by atoms with van der Waals surface area (Å²) in [5.74, 6) is 0.268. The summed E-state index contributed by atoms with van der Waals surface area (Å²) in [7, 11) is 0. The van der Waals surface area contributed by atoms with E-state index in [1.807, 2.05) is 12.1 Å². The third kappa shape index (κ3) is 2.18. The van der Waals surface area contributed by atoms with Gasteiger partial charge in [0.15, 0.2) is 5.75 Å². The molecule has 2 aliphatic heterocycles. The van der Waals surface area contributed by atoms with Gasteiger partial charge in [0.1, 0.15) is 17.1 Å². The minimum atomic E-state index is -1.24. The van der Waals surface area contributed by atoms with Crippen molar-refractivity contribution in [2.75, 3.05) is 5.32 Å². The summed E-state index contributed by atoms with van der Waals surface area (Å²) in [6.07, 6.45) is 2.53. The SMILES string of the molecule is CCc1cc(Br)c2c(c1)NC1(C=C(C)OC(=O)/C1=C(\C)O)O2. The van der Waals surface area contributed by atoms with Crippen molar-refractivity contribution in [2.24, 2.45) is 0 Å². The van der Waals surface area contributed by atoms with Crippen LogP contribution < -0.4 is 10.1 Å². The maximum Gasteiger partial charge on any atom is 0.349 e. The maximum atomic E-state index is 12.2. The first-order chi connectivity index (χ1) is 10.4. The van der Waals surface area contributed by atoms with Crippen molar-refractivity contribution in [3.8, 4) is 5.75 Å². The van der Waals surface area contributed by atoms with Crippen LogP contribution in [0.2, 0.25) is 0 Å². The van der Waals surface area contributed by atoms with Crippen LogP contribution >= 0.6 is 15.9 Å². The van der Waals surface area contributed by atoms with Gasteiger partial charge in [-0.05, 0) is 53.9 Å². The first-order valence-electron chi connectivity index (χ1n) is 6.98. The minimum Gasteiger partial charge on any atom is -0.512 e. The summed E-state index contributed by atoms with van der Waals surface area (Å²) in [4.78, 5) is 12.2. The minimum absolute atomic E-state index is 0.0549. The predicted molar refractivity (Wildman–Crippen MR) is 85.7 cm³/mol. The van der Waals surface area contributed by atoms with E-state index in [0.717, 1.165) is 22.1 Å². The van der Waals surface area contributed by atoms with Crippen molar-refractivity contribution < 1.29 is 19.4 Å². The van der Waals surface area contributed by atoms with Gasteiger partial charge in [0.05, 0.1) is 10.2 Å². The number of cyclic esters (lactones) is 1. The van der Waals surface area contributed by atoms with Gasteiger partial charge >= 0.3 is 5.97 Å². The molecule has 1 spiro atoms. The van der Waals surface area contributed by atoms with Crippen LogP contribution in [-0.2, 0) is 16.0 Å². The number of allylic oxidation sites excluding steroid dienone is 2. The lowest BCUT2D eigenvalue weighted by molar-refractivity contribution is -0.138. The van der Waals surface area contributed by atoms with Gasteiger partial charge in [-0.3, -0.25) is 0 Å². The number of nitrogens with one attached hydrogen (secondary N) is 1. The monoisotopic (exact) mass is 365 g/mol. The number of hydrogen-bond donors (Lipinski definition) is 2. The largest absolute Gasteiger partial charge is 0.512 e. The molecule has 0 aromatic heterocycles. The molecule has 0 saturated heterocycles. The third-order valence-electron chi connectivity index (χ3n) is 3.69. The molecule has 0 fully saturated rings. The summed E-state index contributed by atoms with van der Waals surface area (Å²) in [6, 6.07) is 3.95. The lowest BCUT2D eigenvalue weighted by Crippen LogP contribution is -2.47.